The zero-order chi connectivity index (χ0) is 35.4. The topological polar surface area (TPSA) is 112 Å². The molecule has 0 radical (unpaired) electrons. The fourth-order valence-electron chi connectivity index (χ4n) is 7.65. The summed E-state index contributed by atoms with van der Waals surface area (Å²) in [6.07, 6.45) is 4.86. The molecule has 51 heavy (non-hydrogen) atoms. The van der Waals surface area contributed by atoms with E-state index in [0.717, 1.165) is 91.3 Å². The van der Waals surface area contributed by atoms with Gasteiger partial charge in [0.1, 0.15) is 17.0 Å². The fourth-order valence-corrected chi connectivity index (χ4v) is 8.89. The van der Waals surface area contributed by atoms with E-state index in [0.29, 0.717) is 49.0 Å². The minimum absolute atomic E-state index is 0.382. The second-order valence-corrected chi connectivity index (χ2v) is 14.8. The number of aryl methyl sites for hydroxylation is 4. The normalized spacial score (nSPS) is 15.4. The van der Waals surface area contributed by atoms with Crippen molar-refractivity contribution >= 4 is 58.2 Å². The first-order valence-corrected chi connectivity index (χ1v) is 18.6. The highest BCUT2D eigenvalue weighted by Gasteiger charge is 2.32. The number of halogens is 1. The first-order chi connectivity index (χ1) is 24.7. The highest BCUT2D eigenvalue weighted by molar-refractivity contribution is 7.98. The first kappa shape index (κ1) is 33.8. The molecule has 1 N–H and O–H groups in total. The second kappa shape index (κ2) is 13.7. The molecule has 6 aromatic rings. The van der Waals surface area contributed by atoms with Crippen molar-refractivity contribution in [2.24, 2.45) is 14.1 Å². The van der Waals surface area contributed by atoms with Crippen LogP contribution in [0.15, 0.2) is 53.6 Å². The highest BCUT2D eigenvalue weighted by atomic mass is 35.5. The minimum Gasteiger partial charge on any atom is -0.491 e. The maximum Gasteiger partial charge on any atom is 0.377 e. The van der Waals surface area contributed by atoms with Crippen LogP contribution in [0.3, 0.4) is 0 Å². The number of ether oxygens (including phenoxy) is 2. The summed E-state index contributed by atoms with van der Waals surface area (Å²) in [5, 5.41) is 23.6. The molecule has 2 aliphatic rings. The lowest BCUT2D eigenvalue weighted by Crippen LogP contribution is -2.36. The first-order valence-electron chi connectivity index (χ1n) is 17.3. The van der Waals surface area contributed by atoms with Crippen molar-refractivity contribution in [3.63, 3.8) is 0 Å². The number of methoxy groups -OCH3 is 1. The maximum absolute atomic E-state index is 13.5. The quantitative estimate of drug-likeness (QED) is 0.159. The molecular weight excluding hydrogens is 685 g/mol. The minimum atomic E-state index is -0.765. The lowest BCUT2D eigenvalue weighted by Gasteiger charge is -2.22. The number of esters is 1. The molecule has 0 fully saturated rings. The van der Waals surface area contributed by atoms with E-state index in [-0.39, 0.29) is 0 Å². The van der Waals surface area contributed by atoms with E-state index in [4.69, 9.17) is 31.3 Å². The molecule has 0 atom stereocenters. The molecule has 0 spiro atoms. The molecule has 2 aromatic carbocycles. The van der Waals surface area contributed by atoms with Crippen molar-refractivity contribution in [3.8, 4) is 16.9 Å². The van der Waals surface area contributed by atoms with Crippen LogP contribution in [0, 0.1) is 0 Å². The lowest BCUT2D eigenvalue weighted by atomic mass is 9.84. The van der Waals surface area contributed by atoms with Crippen LogP contribution < -0.4 is 4.74 Å². The number of aromatic nitrogens is 6. The Kier molecular flexibility index (Phi) is 9.08. The van der Waals surface area contributed by atoms with Gasteiger partial charge in [0.2, 0.25) is 0 Å². The van der Waals surface area contributed by atoms with Crippen LogP contribution in [0.5, 0.6) is 5.75 Å². The Labute approximate surface area is 305 Å². The molecule has 14 heteroatoms. The van der Waals surface area contributed by atoms with Gasteiger partial charge in [-0.3, -0.25) is 14.3 Å². The lowest BCUT2D eigenvalue weighted by molar-refractivity contribution is 0.0589. The van der Waals surface area contributed by atoms with Crippen molar-refractivity contribution in [1.82, 2.24) is 33.9 Å². The molecule has 0 saturated heterocycles. The molecule has 0 saturated carbocycles. The molecule has 4 aromatic heterocycles. The summed E-state index contributed by atoms with van der Waals surface area (Å²) in [5.41, 5.74) is 8.71. The molecule has 6 heterocycles. The number of carbonyl (C=O) groups is 1. The molecule has 262 valence electrons. The summed E-state index contributed by atoms with van der Waals surface area (Å²) in [6, 6.07) is 14.2. The number of carbonyl (C=O) groups excluding carboxylic acids is 1. The molecule has 0 unspecified atom stereocenters. The van der Waals surface area contributed by atoms with Crippen LogP contribution in [0.4, 0.5) is 0 Å². The number of hydrogen-bond donors (Lipinski definition) is 1. The number of fused-ring (bicyclic) bond motifs is 10. The van der Waals surface area contributed by atoms with Gasteiger partial charge in [0.25, 0.3) is 0 Å². The fraction of sp³-hybridized carbons (Fsp3) is 0.351. The van der Waals surface area contributed by atoms with E-state index in [2.05, 4.69) is 33.9 Å². The average Bonchev–Trinajstić information content (AvgIpc) is 3.87. The monoisotopic (exact) mass is 723 g/mol. The predicted molar refractivity (Wildman–Crippen MR) is 200 cm³/mol. The summed E-state index contributed by atoms with van der Waals surface area (Å²) in [4.78, 5) is 21.1. The maximum atomic E-state index is 13.5. The predicted octanol–water partition coefficient (Wildman–Crippen LogP) is 6.44. The third-order valence-corrected chi connectivity index (χ3v) is 11.4. The van der Waals surface area contributed by atoms with Crippen molar-refractivity contribution in [2.45, 2.75) is 62.8 Å². The standard InChI is InChI=1S/C37H39BClN7O4S/c1-38(48)45-19-23-17-24(44(3)41-23)21-51-25-16-22-8-5-13-40-34(22)31(18-25)50-15-7-9-26-27-11-12-28(39)32(35(27)43(2)36(26)37(47)49-4)33-29(20-45)42-46-14-6-10-30(33)46/h5,8,11-13,16-18,48H,6-7,9-10,14-15,19-21H2,1-4H3. The number of benzene rings is 2. The van der Waals surface area contributed by atoms with Gasteiger partial charge in [-0.2, -0.15) is 10.2 Å². The molecular formula is C37H39BClN7O4S. The Morgan fingerprint density at radius 2 is 1.94 bits per heavy atom. The number of hydrogen-bond acceptors (Lipinski definition) is 9. The van der Waals surface area contributed by atoms with Gasteiger partial charge in [-0.25, -0.2) is 4.79 Å². The van der Waals surface area contributed by atoms with Crippen LogP contribution in [0.25, 0.3) is 32.9 Å². The van der Waals surface area contributed by atoms with E-state index in [1.807, 2.05) is 46.4 Å². The van der Waals surface area contributed by atoms with Gasteiger partial charge in [0.05, 0.1) is 35.6 Å². The summed E-state index contributed by atoms with van der Waals surface area (Å²) in [7, 11) is 4.51. The molecule has 2 aliphatic heterocycles. The summed E-state index contributed by atoms with van der Waals surface area (Å²) in [6.45, 7) is 3.82. The average molecular weight is 724 g/mol. The Morgan fingerprint density at radius 1 is 1.08 bits per heavy atom. The number of nitrogens with zero attached hydrogens (tertiary/aromatic N) is 7. The summed E-state index contributed by atoms with van der Waals surface area (Å²) < 4.78 is 17.7. The third-order valence-electron chi connectivity index (χ3n) is 10.1. The number of pyridine rings is 1. The van der Waals surface area contributed by atoms with Gasteiger partial charge in [-0.1, -0.05) is 23.7 Å². The van der Waals surface area contributed by atoms with Gasteiger partial charge >= 0.3 is 13.0 Å². The number of rotatable bonds is 2. The van der Waals surface area contributed by atoms with Crippen LogP contribution >= 0.6 is 23.4 Å². The van der Waals surface area contributed by atoms with Crippen LogP contribution in [0.1, 0.15) is 51.7 Å². The third kappa shape index (κ3) is 6.09. The SMILES string of the molecule is COC(=O)c1c2c3ccc(Cl)c(c3n1C)-c1c(nn3c1CCC3)CN(B(C)O)Cc1cc(n(C)n1)CSc1cc(c3ncccc3c1)OCCC2. The van der Waals surface area contributed by atoms with Crippen LogP contribution in [0.2, 0.25) is 11.8 Å². The Bertz CT molecular complexity index is 2320. The van der Waals surface area contributed by atoms with E-state index in [9.17, 15) is 9.82 Å². The van der Waals surface area contributed by atoms with E-state index < -0.39 is 13.0 Å². The smallest absolute Gasteiger partial charge is 0.377 e. The van der Waals surface area contributed by atoms with E-state index in [1.54, 1.807) is 24.8 Å². The molecule has 8 bridgehead atoms. The highest BCUT2D eigenvalue weighted by Crippen LogP contribution is 2.44. The Hall–Kier alpha value is -4.30. The van der Waals surface area contributed by atoms with Crippen molar-refractivity contribution < 1.29 is 19.3 Å². The van der Waals surface area contributed by atoms with E-state index >= 15 is 0 Å². The van der Waals surface area contributed by atoms with Crippen molar-refractivity contribution in [2.75, 3.05) is 13.7 Å². The number of thioether (sulfide) groups is 1. The largest absolute Gasteiger partial charge is 0.491 e. The van der Waals surface area contributed by atoms with Crippen molar-refractivity contribution in [1.29, 1.82) is 0 Å². The van der Waals surface area contributed by atoms with Gasteiger partial charge in [-0.15, -0.1) is 11.8 Å². The van der Waals surface area contributed by atoms with Gasteiger partial charge < -0.3 is 23.9 Å². The molecule has 0 amide bonds. The van der Waals surface area contributed by atoms with Crippen LogP contribution in [-0.2, 0) is 57.1 Å². The van der Waals surface area contributed by atoms with E-state index in [1.165, 1.54) is 7.11 Å². The zero-order valence-corrected chi connectivity index (χ0v) is 30.7. The van der Waals surface area contributed by atoms with Gasteiger partial charge in [0.15, 0.2) is 0 Å². The van der Waals surface area contributed by atoms with Crippen molar-refractivity contribution in [3.05, 3.63) is 87.7 Å². The summed E-state index contributed by atoms with van der Waals surface area (Å²) in [5.74, 6) is 1.02. The Balaban J connectivity index is 1.30. The van der Waals surface area contributed by atoms with Gasteiger partial charge in [-0.05, 0) is 68.4 Å². The molecule has 8 rings (SSSR count). The molecule has 11 nitrogen and oxygen atoms in total. The summed E-state index contributed by atoms with van der Waals surface area (Å²) >= 11 is 8.87. The van der Waals surface area contributed by atoms with Crippen LogP contribution in [-0.4, -0.2) is 65.7 Å². The Morgan fingerprint density at radius 3 is 2.76 bits per heavy atom. The zero-order valence-electron chi connectivity index (χ0n) is 29.1. The second-order valence-electron chi connectivity index (χ2n) is 13.3. The molecule has 0 aliphatic carbocycles. The van der Waals surface area contributed by atoms with Gasteiger partial charge in [0, 0.05) is 83.9 Å².